The number of hydrogen-bond acceptors (Lipinski definition) is 5. The lowest BCUT2D eigenvalue weighted by Gasteiger charge is -2.34. The second-order valence-corrected chi connectivity index (χ2v) is 9.59. The third kappa shape index (κ3) is 4.26. The van der Waals surface area contributed by atoms with Crippen LogP contribution < -0.4 is 5.76 Å². The minimum absolute atomic E-state index is 0.0157. The number of carbonyl (C=O) groups excluding carboxylic acids is 1. The molecule has 11 heteroatoms. The van der Waals surface area contributed by atoms with Gasteiger partial charge < -0.3 is 14.2 Å². The van der Waals surface area contributed by atoms with Crippen LogP contribution in [0.25, 0.3) is 15.9 Å². The van der Waals surface area contributed by atoms with E-state index in [2.05, 4.69) is 14.7 Å². The topological polar surface area (TPSA) is 75.9 Å². The Morgan fingerprint density at radius 1 is 1.28 bits per heavy atom. The molecule has 0 radical (unpaired) electrons. The van der Waals surface area contributed by atoms with Crippen molar-refractivity contribution in [2.24, 2.45) is 12.5 Å². The summed E-state index contributed by atoms with van der Waals surface area (Å²) >= 11 is 0. The number of amides is 1. The van der Waals surface area contributed by atoms with Gasteiger partial charge in [0.1, 0.15) is 5.41 Å². The Bertz CT molecular complexity index is 1440. The number of oxazole rings is 1. The molecule has 5 rings (SSSR count). The highest BCUT2D eigenvalue weighted by atomic mass is 19.4. The van der Waals surface area contributed by atoms with E-state index in [0.29, 0.717) is 61.4 Å². The van der Waals surface area contributed by atoms with Crippen LogP contribution in [0.2, 0.25) is 0 Å². The predicted molar refractivity (Wildman–Crippen MR) is 124 cm³/mol. The Kier molecular flexibility index (Phi) is 5.87. The Morgan fingerprint density at radius 3 is 2.83 bits per heavy atom. The zero-order chi connectivity index (χ0) is 25.7. The molecule has 0 aliphatic carbocycles. The second-order valence-electron chi connectivity index (χ2n) is 9.59. The lowest BCUT2D eigenvalue weighted by molar-refractivity contribution is -0.141. The fourth-order valence-corrected chi connectivity index (χ4v) is 5.23. The van der Waals surface area contributed by atoms with Crippen molar-refractivity contribution in [2.45, 2.75) is 32.1 Å². The lowest BCUT2D eigenvalue weighted by atomic mass is 9.84. The maximum atomic E-state index is 13.7. The van der Waals surface area contributed by atoms with E-state index in [4.69, 9.17) is 11.0 Å². The average molecular weight is 499 g/mol. The van der Waals surface area contributed by atoms with Crippen molar-refractivity contribution in [1.29, 1.82) is 0 Å². The van der Waals surface area contributed by atoms with Crippen molar-refractivity contribution >= 4 is 17.0 Å². The highest BCUT2D eigenvalue weighted by Crippen LogP contribution is 2.37. The summed E-state index contributed by atoms with van der Waals surface area (Å²) in [5.74, 6) is -0.637. The van der Waals surface area contributed by atoms with E-state index >= 15 is 0 Å². The molecule has 8 nitrogen and oxygen atoms in total. The number of halogens is 3. The summed E-state index contributed by atoms with van der Waals surface area (Å²) < 4.78 is 46.1. The maximum absolute atomic E-state index is 13.7. The smallest absolute Gasteiger partial charge is 0.408 e. The van der Waals surface area contributed by atoms with Gasteiger partial charge in [-0.25, -0.2) is 11.4 Å². The minimum Gasteiger partial charge on any atom is -0.408 e. The van der Waals surface area contributed by atoms with E-state index in [0.717, 1.165) is 17.8 Å². The van der Waals surface area contributed by atoms with E-state index in [1.54, 1.807) is 18.0 Å². The van der Waals surface area contributed by atoms with Gasteiger partial charge in [-0.1, -0.05) is 6.07 Å². The molecule has 0 spiro atoms. The summed E-state index contributed by atoms with van der Waals surface area (Å²) in [5, 5.41) is 0. The molecule has 0 N–H and O–H groups in total. The summed E-state index contributed by atoms with van der Waals surface area (Å²) in [4.78, 5) is 36.7. The molecule has 188 valence electrons. The molecule has 0 bridgehead atoms. The summed E-state index contributed by atoms with van der Waals surface area (Å²) in [7, 11) is 1.64. The Labute approximate surface area is 204 Å². The van der Waals surface area contributed by atoms with E-state index < -0.39 is 22.9 Å². The third-order valence-electron chi connectivity index (χ3n) is 7.18. The van der Waals surface area contributed by atoms with Gasteiger partial charge in [-0.2, -0.15) is 13.2 Å². The number of aryl methyl sites for hydroxylation is 1. The molecular weight excluding hydrogens is 475 g/mol. The van der Waals surface area contributed by atoms with E-state index in [9.17, 15) is 22.8 Å². The SMILES string of the molecule is [C-]#[N+]CC1(C(=O)N2CCc3ncc(C(F)(F)F)cc3C2)CCN(Cc2ccc3oc(=O)n(C)c3c2)C1. The Morgan fingerprint density at radius 2 is 2.08 bits per heavy atom. The van der Waals surface area contributed by atoms with Crippen LogP contribution >= 0.6 is 0 Å². The predicted octanol–water partition coefficient (Wildman–Crippen LogP) is 3.24. The van der Waals surface area contributed by atoms with Crippen LogP contribution in [0, 0.1) is 12.0 Å². The largest absolute Gasteiger partial charge is 0.419 e. The first-order chi connectivity index (χ1) is 17.1. The number of nitrogens with zero attached hydrogens (tertiary/aromatic N) is 5. The molecule has 36 heavy (non-hydrogen) atoms. The number of hydrogen-bond donors (Lipinski definition) is 0. The van der Waals surface area contributed by atoms with Gasteiger partial charge in [-0.05, 0) is 42.3 Å². The molecule has 2 aromatic heterocycles. The highest BCUT2D eigenvalue weighted by molar-refractivity contribution is 5.84. The van der Waals surface area contributed by atoms with Crippen LogP contribution in [0.3, 0.4) is 0 Å². The molecule has 1 amide bonds. The van der Waals surface area contributed by atoms with Crippen molar-refractivity contribution in [1.82, 2.24) is 19.4 Å². The minimum atomic E-state index is -4.50. The molecule has 1 unspecified atom stereocenters. The molecule has 1 saturated heterocycles. The second kappa shape index (κ2) is 8.78. The van der Waals surface area contributed by atoms with Gasteiger partial charge in [0.15, 0.2) is 5.58 Å². The Balaban J connectivity index is 1.34. The summed E-state index contributed by atoms with van der Waals surface area (Å²) in [5.41, 5.74) is 1.35. The van der Waals surface area contributed by atoms with Gasteiger partial charge in [-0.15, -0.1) is 0 Å². The summed E-state index contributed by atoms with van der Waals surface area (Å²) in [6.45, 7) is 9.41. The molecule has 3 aromatic rings. The van der Waals surface area contributed by atoms with Crippen molar-refractivity contribution in [3.8, 4) is 0 Å². The first-order valence-electron chi connectivity index (χ1n) is 11.6. The van der Waals surface area contributed by atoms with Gasteiger partial charge in [0, 0.05) is 51.5 Å². The quantitative estimate of drug-likeness (QED) is 0.516. The molecule has 1 fully saturated rings. The van der Waals surface area contributed by atoms with Crippen LogP contribution in [-0.4, -0.2) is 51.4 Å². The third-order valence-corrected chi connectivity index (χ3v) is 7.18. The van der Waals surface area contributed by atoms with Crippen LogP contribution in [0.4, 0.5) is 13.2 Å². The lowest BCUT2D eigenvalue weighted by Crippen LogP contribution is -2.49. The number of benzene rings is 1. The number of fused-ring (bicyclic) bond motifs is 2. The van der Waals surface area contributed by atoms with Gasteiger partial charge in [-0.3, -0.25) is 19.2 Å². The number of alkyl halides is 3. The van der Waals surface area contributed by atoms with Crippen LogP contribution in [0.1, 0.15) is 28.8 Å². The normalized spacial score (nSPS) is 20.5. The number of pyridine rings is 1. The number of carbonyl (C=O) groups is 1. The van der Waals surface area contributed by atoms with E-state index in [-0.39, 0.29) is 19.0 Å². The van der Waals surface area contributed by atoms with Crippen molar-refractivity contribution < 1.29 is 22.4 Å². The maximum Gasteiger partial charge on any atom is 0.419 e. The standard InChI is InChI=1S/C25H24F3N5O3/c1-29-14-24(22(34)33-7-5-19-17(13-33)10-18(11-30-19)25(26,27)28)6-8-32(15-24)12-16-3-4-21-20(9-16)31(2)23(35)36-21/h3-4,9-11H,5-8,12-15H2,2H3. The molecule has 0 saturated carbocycles. The number of likely N-dealkylation sites (tertiary alicyclic amines) is 1. The zero-order valence-electron chi connectivity index (χ0n) is 19.6. The Hall–Kier alpha value is -3.65. The van der Waals surface area contributed by atoms with Gasteiger partial charge in [0.25, 0.3) is 0 Å². The zero-order valence-corrected chi connectivity index (χ0v) is 19.6. The number of aromatic nitrogens is 2. The van der Waals surface area contributed by atoms with Crippen LogP contribution in [-0.2, 0) is 37.5 Å². The van der Waals surface area contributed by atoms with Crippen molar-refractivity contribution in [3.05, 3.63) is 74.8 Å². The van der Waals surface area contributed by atoms with Crippen LogP contribution in [0.5, 0.6) is 0 Å². The van der Waals surface area contributed by atoms with E-state index in [1.165, 1.54) is 4.57 Å². The van der Waals surface area contributed by atoms with Crippen molar-refractivity contribution in [3.63, 3.8) is 0 Å². The highest BCUT2D eigenvalue weighted by Gasteiger charge is 2.50. The summed E-state index contributed by atoms with van der Waals surface area (Å²) in [6.07, 6.45) is -2.80. The number of rotatable bonds is 4. The molecule has 1 atom stereocenters. The molecule has 2 aliphatic heterocycles. The van der Waals surface area contributed by atoms with Crippen LogP contribution in [0.15, 0.2) is 39.7 Å². The molecule has 2 aliphatic rings. The first kappa shape index (κ1) is 24.1. The van der Waals surface area contributed by atoms with Gasteiger partial charge >= 0.3 is 11.9 Å². The molecule has 4 heterocycles. The molecule has 1 aromatic carbocycles. The summed E-state index contributed by atoms with van der Waals surface area (Å²) in [6, 6.07) is 6.57. The first-order valence-corrected chi connectivity index (χ1v) is 11.6. The van der Waals surface area contributed by atoms with Crippen molar-refractivity contribution in [2.75, 3.05) is 26.2 Å². The monoisotopic (exact) mass is 499 g/mol. The van der Waals surface area contributed by atoms with E-state index in [1.807, 2.05) is 12.1 Å². The van der Waals surface area contributed by atoms with Gasteiger partial charge in [0.05, 0.1) is 11.1 Å². The van der Waals surface area contributed by atoms with Gasteiger partial charge in [0.2, 0.25) is 12.5 Å². The fraction of sp³-hybridized carbons (Fsp3) is 0.440. The molecular formula is C25H24F3N5O3. The fourth-order valence-electron chi connectivity index (χ4n) is 5.23. The average Bonchev–Trinajstić information content (AvgIpc) is 3.38.